The number of thioether (sulfide) groups is 1. The van der Waals surface area contributed by atoms with E-state index >= 15 is 0 Å². The van der Waals surface area contributed by atoms with Crippen molar-refractivity contribution >= 4 is 34.1 Å². The molecule has 3 nitrogen and oxygen atoms in total. The van der Waals surface area contributed by atoms with Crippen molar-refractivity contribution in [1.82, 2.24) is 4.98 Å². The van der Waals surface area contributed by atoms with Crippen LogP contribution in [0.25, 0.3) is 11.3 Å². The zero-order valence-corrected chi connectivity index (χ0v) is 13.9. The largest absolute Gasteiger partial charge is 0.298 e. The van der Waals surface area contributed by atoms with Crippen LogP contribution in [0.1, 0.15) is 10.4 Å². The van der Waals surface area contributed by atoms with Crippen LogP contribution in [0.15, 0.2) is 58.8 Å². The molecule has 0 radical (unpaired) electrons. The average molecular weight is 344 g/mol. The summed E-state index contributed by atoms with van der Waals surface area (Å²) in [5.74, 6) is -1.05. The van der Waals surface area contributed by atoms with E-state index in [2.05, 4.69) is 10.3 Å². The Morgan fingerprint density at radius 1 is 1.17 bits per heavy atom. The van der Waals surface area contributed by atoms with Gasteiger partial charge in [-0.05, 0) is 30.5 Å². The van der Waals surface area contributed by atoms with Crippen LogP contribution in [-0.4, -0.2) is 17.1 Å². The number of aromatic nitrogens is 1. The normalized spacial score (nSPS) is 10.5. The van der Waals surface area contributed by atoms with Crippen LogP contribution in [-0.2, 0) is 0 Å². The molecule has 0 aliphatic heterocycles. The fourth-order valence-electron chi connectivity index (χ4n) is 2.04. The van der Waals surface area contributed by atoms with E-state index in [1.54, 1.807) is 23.9 Å². The first kappa shape index (κ1) is 15.7. The Hall–Kier alpha value is -2.18. The molecule has 6 heteroatoms. The maximum atomic E-state index is 13.6. The van der Waals surface area contributed by atoms with Crippen molar-refractivity contribution in [2.45, 2.75) is 4.90 Å². The van der Waals surface area contributed by atoms with Crippen molar-refractivity contribution in [3.8, 4) is 11.3 Å². The summed E-state index contributed by atoms with van der Waals surface area (Å²) in [6, 6.07) is 13.9. The number of anilines is 1. The number of rotatable bonds is 4. The van der Waals surface area contributed by atoms with E-state index in [9.17, 15) is 9.18 Å². The Kier molecular flexibility index (Phi) is 4.73. The minimum Gasteiger partial charge on any atom is -0.298 e. The highest BCUT2D eigenvalue weighted by atomic mass is 32.2. The van der Waals surface area contributed by atoms with Crippen LogP contribution in [0.4, 0.5) is 9.52 Å². The number of nitrogens with one attached hydrogen (secondary N) is 1. The van der Waals surface area contributed by atoms with Crippen LogP contribution in [0.5, 0.6) is 0 Å². The third kappa shape index (κ3) is 3.60. The molecule has 1 heterocycles. The van der Waals surface area contributed by atoms with Crippen molar-refractivity contribution in [2.75, 3.05) is 11.6 Å². The third-order valence-corrected chi connectivity index (χ3v) is 4.73. The molecule has 1 aromatic heterocycles. The Bertz CT molecular complexity index is 831. The molecule has 0 unspecified atom stereocenters. The van der Waals surface area contributed by atoms with Gasteiger partial charge in [0.1, 0.15) is 5.82 Å². The highest BCUT2D eigenvalue weighted by molar-refractivity contribution is 7.98. The van der Waals surface area contributed by atoms with E-state index < -0.39 is 11.7 Å². The second-order valence-electron chi connectivity index (χ2n) is 4.70. The van der Waals surface area contributed by atoms with Gasteiger partial charge in [0, 0.05) is 15.8 Å². The summed E-state index contributed by atoms with van der Waals surface area (Å²) in [6.45, 7) is 0. The molecule has 0 atom stereocenters. The van der Waals surface area contributed by atoms with Gasteiger partial charge in [0.2, 0.25) is 0 Å². The van der Waals surface area contributed by atoms with Gasteiger partial charge in [0.15, 0.2) is 5.13 Å². The molecular formula is C17H13FN2OS2. The lowest BCUT2D eigenvalue weighted by atomic mass is 10.2. The molecule has 0 aliphatic rings. The predicted octanol–water partition coefficient (Wildman–Crippen LogP) is 4.92. The Labute approximate surface area is 141 Å². The number of amides is 1. The first-order valence-electron chi connectivity index (χ1n) is 6.83. The molecule has 0 spiro atoms. The topological polar surface area (TPSA) is 42.0 Å². The van der Waals surface area contributed by atoms with Gasteiger partial charge in [-0.15, -0.1) is 23.1 Å². The smallest absolute Gasteiger partial charge is 0.260 e. The predicted molar refractivity (Wildman–Crippen MR) is 93.7 cm³/mol. The number of carbonyl (C=O) groups is 1. The molecule has 3 rings (SSSR count). The first-order valence-corrected chi connectivity index (χ1v) is 8.93. The summed E-state index contributed by atoms with van der Waals surface area (Å²) in [7, 11) is 0. The van der Waals surface area contributed by atoms with Crippen molar-refractivity contribution in [2.24, 2.45) is 0 Å². The zero-order valence-electron chi connectivity index (χ0n) is 12.2. The van der Waals surface area contributed by atoms with Gasteiger partial charge < -0.3 is 0 Å². The standard InChI is InChI=1S/C17H13FN2OS2/c1-22-12-8-6-11(7-9-12)15-10-23-17(19-15)20-16(21)13-4-2-3-5-14(13)18/h2-10H,1H3,(H,19,20,21). The maximum Gasteiger partial charge on any atom is 0.260 e. The summed E-state index contributed by atoms with van der Waals surface area (Å²) in [5.41, 5.74) is 1.77. The van der Waals surface area contributed by atoms with E-state index in [1.165, 1.54) is 28.4 Å². The van der Waals surface area contributed by atoms with Gasteiger partial charge in [0.25, 0.3) is 5.91 Å². The first-order chi connectivity index (χ1) is 11.2. The highest BCUT2D eigenvalue weighted by Gasteiger charge is 2.13. The molecule has 1 N–H and O–H groups in total. The summed E-state index contributed by atoms with van der Waals surface area (Å²) >= 11 is 2.99. The van der Waals surface area contributed by atoms with Crippen LogP contribution in [0.3, 0.4) is 0 Å². The molecule has 2 aromatic carbocycles. The van der Waals surface area contributed by atoms with Crippen LogP contribution in [0.2, 0.25) is 0 Å². The van der Waals surface area contributed by atoms with Crippen molar-refractivity contribution < 1.29 is 9.18 Å². The Balaban J connectivity index is 1.76. The van der Waals surface area contributed by atoms with E-state index in [0.717, 1.165) is 11.3 Å². The van der Waals surface area contributed by atoms with Crippen molar-refractivity contribution in [3.05, 3.63) is 65.3 Å². The summed E-state index contributed by atoms with van der Waals surface area (Å²) in [6.07, 6.45) is 2.02. The lowest BCUT2D eigenvalue weighted by Crippen LogP contribution is -2.13. The average Bonchev–Trinajstić information content (AvgIpc) is 3.03. The van der Waals surface area contributed by atoms with Crippen molar-refractivity contribution in [1.29, 1.82) is 0 Å². The highest BCUT2D eigenvalue weighted by Crippen LogP contribution is 2.27. The number of carbonyl (C=O) groups excluding carboxylic acids is 1. The van der Waals surface area contributed by atoms with Gasteiger partial charge in [0.05, 0.1) is 11.3 Å². The molecule has 0 fully saturated rings. The lowest BCUT2D eigenvalue weighted by Gasteiger charge is -2.02. The van der Waals surface area contributed by atoms with E-state index in [-0.39, 0.29) is 5.56 Å². The minimum atomic E-state index is -0.547. The van der Waals surface area contributed by atoms with Crippen LogP contribution < -0.4 is 5.32 Å². The third-order valence-electron chi connectivity index (χ3n) is 3.23. The molecule has 0 bridgehead atoms. The number of hydrogen-bond donors (Lipinski definition) is 1. The summed E-state index contributed by atoms with van der Waals surface area (Å²) in [5, 5.41) is 4.95. The van der Waals surface area contributed by atoms with Crippen molar-refractivity contribution in [3.63, 3.8) is 0 Å². The number of thiazole rings is 1. The number of hydrogen-bond acceptors (Lipinski definition) is 4. The molecule has 0 aliphatic carbocycles. The molecule has 3 aromatic rings. The van der Waals surface area contributed by atoms with Crippen LogP contribution in [0, 0.1) is 5.82 Å². The summed E-state index contributed by atoms with van der Waals surface area (Å²) < 4.78 is 13.6. The molecule has 116 valence electrons. The zero-order chi connectivity index (χ0) is 16.2. The Morgan fingerprint density at radius 3 is 2.61 bits per heavy atom. The lowest BCUT2D eigenvalue weighted by molar-refractivity contribution is 0.102. The van der Waals surface area contributed by atoms with Gasteiger partial charge in [-0.1, -0.05) is 24.3 Å². The Morgan fingerprint density at radius 2 is 1.91 bits per heavy atom. The van der Waals surface area contributed by atoms with Gasteiger partial charge in [-0.2, -0.15) is 0 Å². The van der Waals surface area contributed by atoms with E-state index in [1.807, 2.05) is 35.9 Å². The van der Waals surface area contributed by atoms with Gasteiger partial charge in [-0.3, -0.25) is 10.1 Å². The number of halogens is 1. The van der Waals surface area contributed by atoms with Gasteiger partial charge >= 0.3 is 0 Å². The minimum absolute atomic E-state index is 0.00794. The maximum absolute atomic E-state index is 13.6. The molecule has 1 amide bonds. The molecule has 0 saturated heterocycles. The number of benzene rings is 2. The fraction of sp³-hybridized carbons (Fsp3) is 0.0588. The quantitative estimate of drug-likeness (QED) is 0.683. The second-order valence-corrected chi connectivity index (χ2v) is 6.44. The van der Waals surface area contributed by atoms with E-state index in [4.69, 9.17) is 0 Å². The van der Waals surface area contributed by atoms with Crippen LogP contribution >= 0.6 is 23.1 Å². The number of nitrogens with zero attached hydrogens (tertiary/aromatic N) is 1. The van der Waals surface area contributed by atoms with Gasteiger partial charge in [-0.25, -0.2) is 9.37 Å². The molecule has 23 heavy (non-hydrogen) atoms. The fourth-order valence-corrected chi connectivity index (χ4v) is 3.16. The second kappa shape index (κ2) is 6.93. The molecule has 0 saturated carbocycles. The monoisotopic (exact) mass is 344 g/mol. The SMILES string of the molecule is CSc1ccc(-c2csc(NC(=O)c3ccccc3F)n2)cc1. The van der Waals surface area contributed by atoms with E-state index in [0.29, 0.717) is 5.13 Å². The summed E-state index contributed by atoms with van der Waals surface area (Å²) in [4.78, 5) is 17.6. The molecular weight excluding hydrogens is 331 g/mol.